The van der Waals surface area contributed by atoms with Gasteiger partial charge in [0, 0.05) is 4.88 Å². The van der Waals surface area contributed by atoms with E-state index in [9.17, 15) is 4.79 Å². The van der Waals surface area contributed by atoms with E-state index in [0.717, 1.165) is 31.5 Å². The van der Waals surface area contributed by atoms with Crippen molar-refractivity contribution in [3.05, 3.63) is 50.4 Å². The van der Waals surface area contributed by atoms with Crippen LogP contribution in [0.25, 0.3) is 21.3 Å². The fraction of sp³-hybridized carbons (Fsp3) is 0.235. The Bertz CT molecular complexity index is 1120. The second-order valence-electron chi connectivity index (χ2n) is 5.83. The molecule has 24 heavy (non-hydrogen) atoms. The van der Waals surface area contributed by atoms with E-state index in [1.807, 2.05) is 26.0 Å². The van der Waals surface area contributed by atoms with Gasteiger partial charge in [0.2, 0.25) is 0 Å². The summed E-state index contributed by atoms with van der Waals surface area (Å²) in [7, 11) is 0. The number of rotatable bonds is 3. The normalized spacial score (nSPS) is 11.6. The lowest BCUT2D eigenvalue weighted by Gasteiger charge is -1.99. The summed E-state index contributed by atoms with van der Waals surface area (Å²) in [6, 6.07) is 6.14. The smallest absolute Gasteiger partial charge is 0.259 e. The minimum atomic E-state index is -0.0577. The lowest BCUT2D eigenvalue weighted by atomic mass is 10.2. The van der Waals surface area contributed by atoms with E-state index in [-0.39, 0.29) is 5.56 Å². The van der Waals surface area contributed by atoms with Crippen LogP contribution >= 0.6 is 23.1 Å². The van der Waals surface area contributed by atoms with Crippen LogP contribution in [-0.4, -0.2) is 19.9 Å². The van der Waals surface area contributed by atoms with Crippen molar-refractivity contribution in [1.29, 1.82) is 0 Å². The maximum Gasteiger partial charge on any atom is 0.259 e. The summed E-state index contributed by atoms with van der Waals surface area (Å²) in [6.45, 7) is 6.05. The molecule has 2 N–H and O–H groups in total. The van der Waals surface area contributed by atoms with Crippen LogP contribution in [0, 0.1) is 20.8 Å². The molecule has 0 unspecified atom stereocenters. The first-order chi connectivity index (χ1) is 11.5. The highest BCUT2D eigenvalue weighted by Gasteiger charge is 2.12. The minimum absolute atomic E-state index is 0.0577. The van der Waals surface area contributed by atoms with Crippen molar-refractivity contribution >= 4 is 44.3 Å². The van der Waals surface area contributed by atoms with Crippen LogP contribution in [0.4, 0.5) is 0 Å². The first kappa shape index (κ1) is 15.4. The number of nitrogens with one attached hydrogen (secondary N) is 2. The zero-order chi connectivity index (χ0) is 16.8. The molecular weight excluding hydrogens is 340 g/mol. The van der Waals surface area contributed by atoms with E-state index in [0.29, 0.717) is 17.0 Å². The summed E-state index contributed by atoms with van der Waals surface area (Å²) in [6.07, 6.45) is 0. The maximum atomic E-state index is 12.3. The second kappa shape index (κ2) is 5.75. The van der Waals surface area contributed by atoms with E-state index in [1.54, 1.807) is 11.3 Å². The van der Waals surface area contributed by atoms with Gasteiger partial charge in [-0.2, -0.15) is 0 Å². The Morgan fingerprint density at radius 2 is 2.00 bits per heavy atom. The molecule has 0 aliphatic carbocycles. The number of nitrogens with zero attached hydrogens (tertiary/aromatic N) is 2. The van der Waals surface area contributed by atoms with E-state index < -0.39 is 0 Å². The van der Waals surface area contributed by atoms with Crippen molar-refractivity contribution in [2.24, 2.45) is 0 Å². The number of aromatic amines is 2. The van der Waals surface area contributed by atoms with Crippen molar-refractivity contribution in [1.82, 2.24) is 19.9 Å². The molecule has 0 atom stereocenters. The average molecular weight is 356 g/mol. The fourth-order valence-corrected chi connectivity index (χ4v) is 4.48. The molecule has 0 aliphatic heterocycles. The third-order valence-corrected chi connectivity index (χ3v) is 6.04. The van der Waals surface area contributed by atoms with Gasteiger partial charge in [-0.25, -0.2) is 9.97 Å². The predicted molar refractivity (Wildman–Crippen MR) is 100 cm³/mol. The van der Waals surface area contributed by atoms with Gasteiger partial charge in [0.1, 0.15) is 10.7 Å². The molecule has 0 aliphatic rings. The molecule has 0 amide bonds. The zero-order valence-corrected chi connectivity index (χ0v) is 15.2. The third kappa shape index (κ3) is 2.63. The Balaban J connectivity index is 1.63. The van der Waals surface area contributed by atoms with Crippen molar-refractivity contribution in [2.75, 3.05) is 0 Å². The number of benzene rings is 1. The highest BCUT2D eigenvalue weighted by atomic mass is 32.2. The van der Waals surface area contributed by atoms with Gasteiger partial charge in [-0.3, -0.25) is 4.79 Å². The van der Waals surface area contributed by atoms with Crippen molar-refractivity contribution in [3.63, 3.8) is 0 Å². The van der Waals surface area contributed by atoms with Gasteiger partial charge >= 0.3 is 0 Å². The van der Waals surface area contributed by atoms with Crippen LogP contribution in [0.5, 0.6) is 0 Å². The number of thiophene rings is 1. The zero-order valence-electron chi connectivity index (χ0n) is 13.6. The second-order valence-corrected chi connectivity index (χ2v) is 7.99. The summed E-state index contributed by atoms with van der Waals surface area (Å²) in [5.74, 6) is 1.25. The Morgan fingerprint density at radius 1 is 1.17 bits per heavy atom. The van der Waals surface area contributed by atoms with Crippen LogP contribution in [0.3, 0.4) is 0 Å². The summed E-state index contributed by atoms with van der Waals surface area (Å²) in [5, 5.41) is 1.54. The Labute approximate surface area is 146 Å². The van der Waals surface area contributed by atoms with Gasteiger partial charge in [0.25, 0.3) is 5.56 Å². The monoisotopic (exact) mass is 356 g/mol. The number of thioether (sulfide) groups is 1. The number of H-pyrrole nitrogens is 2. The molecule has 0 bridgehead atoms. The van der Waals surface area contributed by atoms with Gasteiger partial charge in [0.15, 0.2) is 5.16 Å². The van der Waals surface area contributed by atoms with Gasteiger partial charge in [0.05, 0.1) is 22.2 Å². The molecule has 122 valence electrons. The largest absolute Gasteiger partial charge is 0.333 e. The molecule has 3 aromatic heterocycles. The highest BCUT2D eigenvalue weighted by Crippen LogP contribution is 2.27. The number of fused-ring (bicyclic) bond motifs is 2. The lowest BCUT2D eigenvalue weighted by Crippen LogP contribution is -2.10. The maximum absolute atomic E-state index is 12.3. The van der Waals surface area contributed by atoms with Crippen molar-refractivity contribution in [2.45, 2.75) is 31.7 Å². The number of imidazole rings is 1. The highest BCUT2D eigenvalue weighted by molar-refractivity contribution is 7.98. The molecule has 0 radical (unpaired) electrons. The van der Waals surface area contributed by atoms with Gasteiger partial charge < -0.3 is 9.97 Å². The van der Waals surface area contributed by atoms with E-state index >= 15 is 0 Å². The van der Waals surface area contributed by atoms with E-state index in [4.69, 9.17) is 0 Å². The summed E-state index contributed by atoms with van der Waals surface area (Å²) in [5.41, 5.74) is 4.14. The number of aryl methyl sites for hydroxylation is 3. The molecule has 0 spiro atoms. The number of hydrogen-bond acceptors (Lipinski definition) is 5. The Kier molecular flexibility index (Phi) is 3.69. The van der Waals surface area contributed by atoms with Gasteiger partial charge in [-0.1, -0.05) is 17.8 Å². The summed E-state index contributed by atoms with van der Waals surface area (Å²) >= 11 is 3.11. The molecule has 4 aromatic rings. The fourth-order valence-electron chi connectivity index (χ4n) is 2.67. The molecule has 3 heterocycles. The minimum Gasteiger partial charge on any atom is -0.333 e. The average Bonchev–Trinajstić information content (AvgIpc) is 3.06. The molecule has 1 aromatic carbocycles. The van der Waals surface area contributed by atoms with Crippen molar-refractivity contribution in [3.8, 4) is 0 Å². The van der Waals surface area contributed by atoms with E-state index in [1.165, 1.54) is 17.3 Å². The first-order valence-electron chi connectivity index (χ1n) is 7.59. The topological polar surface area (TPSA) is 74.4 Å². The molecule has 0 saturated carbocycles. The molecule has 4 rings (SSSR count). The van der Waals surface area contributed by atoms with Crippen LogP contribution in [0.15, 0.2) is 28.2 Å². The van der Waals surface area contributed by atoms with Crippen LogP contribution in [0.1, 0.15) is 21.8 Å². The first-order valence-corrected chi connectivity index (χ1v) is 9.39. The van der Waals surface area contributed by atoms with Crippen LogP contribution < -0.4 is 5.56 Å². The van der Waals surface area contributed by atoms with Gasteiger partial charge in [-0.05, 0) is 44.0 Å². The third-order valence-electron chi connectivity index (χ3n) is 4.05. The molecule has 7 heteroatoms. The number of aromatic nitrogens is 4. The SMILES string of the molecule is Cc1ccc2nc(SCc3nc4sc(C)c(C)c4c(=O)[nH]3)[nH]c2c1. The Morgan fingerprint density at radius 3 is 2.83 bits per heavy atom. The van der Waals surface area contributed by atoms with Gasteiger partial charge in [-0.15, -0.1) is 11.3 Å². The molecule has 5 nitrogen and oxygen atoms in total. The summed E-state index contributed by atoms with van der Waals surface area (Å²) in [4.78, 5) is 29.6. The molecule has 0 fully saturated rings. The van der Waals surface area contributed by atoms with E-state index in [2.05, 4.69) is 32.9 Å². The van der Waals surface area contributed by atoms with Crippen LogP contribution in [-0.2, 0) is 5.75 Å². The summed E-state index contributed by atoms with van der Waals surface area (Å²) < 4.78 is 0. The predicted octanol–water partition coefficient (Wildman–Crippen LogP) is 4.08. The standard InChI is InChI=1S/C17H16N4OS2/c1-8-4-5-11-12(6-8)19-17(18-11)23-7-13-20-15(22)14-9(2)10(3)24-16(14)21-13/h4-6H,7H2,1-3H3,(H,18,19)(H,20,21,22). The number of hydrogen-bond donors (Lipinski definition) is 2. The quantitative estimate of drug-likeness (QED) is 0.543. The van der Waals surface area contributed by atoms with Crippen molar-refractivity contribution < 1.29 is 0 Å². The molecule has 0 saturated heterocycles. The molecular formula is C17H16N4OS2. The lowest BCUT2D eigenvalue weighted by molar-refractivity contribution is 1.03. The Hall–Kier alpha value is -2.12. The van der Waals surface area contributed by atoms with Crippen LogP contribution in [0.2, 0.25) is 0 Å².